The molecule has 0 aliphatic carbocycles. The van der Waals surface area contributed by atoms with Crippen LogP contribution in [0.4, 0.5) is 8.78 Å². The largest absolute Gasteiger partial charge is 0.345 e. The molecule has 0 saturated carbocycles. The van der Waals surface area contributed by atoms with Crippen molar-refractivity contribution in [2.24, 2.45) is 0 Å². The summed E-state index contributed by atoms with van der Waals surface area (Å²) in [6, 6.07) is 9.89. The van der Waals surface area contributed by atoms with Crippen LogP contribution in [-0.4, -0.2) is 5.91 Å². The van der Waals surface area contributed by atoms with Crippen molar-refractivity contribution in [2.75, 3.05) is 0 Å². The minimum absolute atomic E-state index is 0.299. The maximum Gasteiger partial charge on any atom is 0.254 e. The van der Waals surface area contributed by atoms with Crippen LogP contribution >= 0.6 is 15.9 Å². The maximum atomic E-state index is 13.5. The molecule has 2 rings (SSSR count). The molecule has 2 aromatic rings. The monoisotopic (exact) mass is 339 g/mol. The maximum absolute atomic E-state index is 13.5. The fourth-order valence-corrected chi connectivity index (χ4v) is 2.22. The van der Waals surface area contributed by atoms with Crippen molar-refractivity contribution in [3.63, 3.8) is 0 Å². The van der Waals surface area contributed by atoms with Gasteiger partial charge in [0.1, 0.15) is 11.6 Å². The smallest absolute Gasteiger partial charge is 0.254 e. The Hall–Kier alpha value is -1.75. The second kappa shape index (κ2) is 6.13. The fraction of sp³-hybridized carbons (Fsp3) is 0.133. The number of rotatable bonds is 3. The molecule has 2 nitrogen and oxygen atoms in total. The number of amides is 1. The minimum Gasteiger partial charge on any atom is -0.345 e. The summed E-state index contributed by atoms with van der Waals surface area (Å²) in [5, 5.41) is 2.64. The Morgan fingerprint density at radius 3 is 2.65 bits per heavy atom. The Kier molecular flexibility index (Phi) is 4.49. The lowest BCUT2D eigenvalue weighted by Crippen LogP contribution is -2.27. The minimum atomic E-state index is -0.745. The summed E-state index contributed by atoms with van der Waals surface area (Å²) in [5.74, 6) is -2.04. The fourth-order valence-electron chi connectivity index (χ4n) is 1.81. The molecule has 0 aliphatic heterocycles. The van der Waals surface area contributed by atoms with Gasteiger partial charge in [-0.25, -0.2) is 8.78 Å². The SMILES string of the molecule is CC(NC(=O)c1cc(F)ccc1F)c1cccc(Br)c1. The standard InChI is InChI=1S/C15H12BrF2NO/c1-9(10-3-2-4-11(16)7-10)19-15(20)13-8-12(17)5-6-14(13)18/h2-9H,1H3,(H,19,20). The van der Waals surface area contributed by atoms with E-state index in [4.69, 9.17) is 0 Å². The number of benzene rings is 2. The molecule has 104 valence electrons. The van der Waals surface area contributed by atoms with Crippen LogP contribution in [0.25, 0.3) is 0 Å². The van der Waals surface area contributed by atoms with E-state index in [-0.39, 0.29) is 11.6 Å². The predicted octanol–water partition coefficient (Wildman–Crippen LogP) is 4.22. The van der Waals surface area contributed by atoms with E-state index >= 15 is 0 Å². The third-order valence-electron chi connectivity index (χ3n) is 2.87. The molecule has 0 bridgehead atoms. The Morgan fingerprint density at radius 1 is 1.20 bits per heavy atom. The van der Waals surface area contributed by atoms with Gasteiger partial charge in [0.25, 0.3) is 5.91 Å². The van der Waals surface area contributed by atoms with Gasteiger partial charge in [-0.3, -0.25) is 4.79 Å². The summed E-state index contributed by atoms with van der Waals surface area (Å²) in [6.07, 6.45) is 0. The zero-order chi connectivity index (χ0) is 14.7. The van der Waals surface area contributed by atoms with Gasteiger partial charge < -0.3 is 5.32 Å². The van der Waals surface area contributed by atoms with Gasteiger partial charge >= 0.3 is 0 Å². The number of carbonyl (C=O) groups is 1. The average molecular weight is 340 g/mol. The molecule has 5 heteroatoms. The summed E-state index contributed by atoms with van der Waals surface area (Å²) >= 11 is 3.34. The van der Waals surface area contributed by atoms with Crippen LogP contribution in [0, 0.1) is 11.6 Å². The van der Waals surface area contributed by atoms with E-state index in [1.807, 2.05) is 24.3 Å². The molecule has 1 atom stereocenters. The van der Waals surface area contributed by atoms with E-state index in [0.717, 1.165) is 28.2 Å². The molecular formula is C15H12BrF2NO. The predicted molar refractivity (Wildman–Crippen MR) is 76.4 cm³/mol. The van der Waals surface area contributed by atoms with Crippen LogP contribution in [-0.2, 0) is 0 Å². The summed E-state index contributed by atoms with van der Waals surface area (Å²) in [7, 11) is 0. The second-order valence-corrected chi connectivity index (χ2v) is 5.29. The van der Waals surface area contributed by atoms with Gasteiger partial charge in [0.15, 0.2) is 0 Å². The lowest BCUT2D eigenvalue weighted by Gasteiger charge is -2.15. The lowest BCUT2D eigenvalue weighted by atomic mass is 10.1. The highest BCUT2D eigenvalue weighted by molar-refractivity contribution is 9.10. The molecule has 0 aliphatic rings. The van der Waals surface area contributed by atoms with Crippen molar-refractivity contribution in [3.05, 3.63) is 69.7 Å². The van der Waals surface area contributed by atoms with Gasteiger partial charge in [-0.1, -0.05) is 28.1 Å². The van der Waals surface area contributed by atoms with Crippen LogP contribution < -0.4 is 5.32 Å². The zero-order valence-corrected chi connectivity index (χ0v) is 12.2. The van der Waals surface area contributed by atoms with E-state index in [2.05, 4.69) is 21.2 Å². The highest BCUT2D eigenvalue weighted by atomic mass is 79.9. The number of hydrogen-bond donors (Lipinski definition) is 1. The van der Waals surface area contributed by atoms with E-state index in [1.54, 1.807) is 6.92 Å². The van der Waals surface area contributed by atoms with Crippen molar-refractivity contribution in [3.8, 4) is 0 Å². The van der Waals surface area contributed by atoms with Crippen molar-refractivity contribution in [2.45, 2.75) is 13.0 Å². The van der Waals surface area contributed by atoms with Gasteiger partial charge in [0, 0.05) is 4.47 Å². The normalized spacial score (nSPS) is 12.0. The third kappa shape index (κ3) is 3.42. The molecular weight excluding hydrogens is 328 g/mol. The Balaban J connectivity index is 2.17. The molecule has 0 heterocycles. The molecule has 0 aromatic heterocycles. The van der Waals surface area contributed by atoms with Crippen LogP contribution in [0.3, 0.4) is 0 Å². The molecule has 1 N–H and O–H groups in total. The number of carbonyl (C=O) groups excluding carboxylic acids is 1. The first-order chi connectivity index (χ1) is 9.47. The zero-order valence-electron chi connectivity index (χ0n) is 10.7. The summed E-state index contributed by atoms with van der Waals surface area (Å²) in [4.78, 5) is 12.0. The summed E-state index contributed by atoms with van der Waals surface area (Å²) in [5.41, 5.74) is 0.566. The van der Waals surface area contributed by atoms with Crippen molar-refractivity contribution in [1.82, 2.24) is 5.32 Å². The van der Waals surface area contributed by atoms with E-state index in [9.17, 15) is 13.6 Å². The third-order valence-corrected chi connectivity index (χ3v) is 3.36. The quantitative estimate of drug-likeness (QED) is 0.891. The van der Waals surface area contributed by atoms with Gasteiger partial charge in [-0.05, 0) is 42.8 Å². The molecule has 2 aromatic carbocycles. The summed E-state index contributed by atoms with van der Waals surface area (Å²) in [6.45, 7) is 1.77. The second-order valence-electron chi connectivity index (χ2n) is 4.37. The van der Waals surface area contributed by atoms with Crippen LogP contribution in [0.2, 0.25) is 0 Å². The molecule has 1 unspecified atom stereocenters. The van der Waals surface area contributed by atoms with Gasteiger partial charge in [0.05, 0.1) is 11.6 Å². The Labute approximate surface area is 123 Å². The number of hydrogen-bond acceptors (Lipinski definition) is 1. The molecule has 1 amide bonds. The van der Waals surface area contributed by atoms with E-state index < -0.39 is 17.5 Å². The molecule has 0 spiro atoms. The van der Waals surface area contributed by atoms with Crippen LogP contribution in [0.5, 0.6) is 0 Å². The summed E-state index contributed by atoms with van der Waals surface area (Å²) < 4.78 is 27.5. The van der Waals surface area contributed by atoms with E-state index in [0.29, 0.717) is 0 Å². The van der Waals surface area contributed by atoms with Crippen molar-refractivity contribution in [1.29, 1.82) is 0 Å². The van der Waals surface area contributed by atoms with Gasteiger partial charge in [0.2, 0.25) is 0 Å². The number of nitrogens with one attached hydrogen (secondary N) is 1. The van der Waals surface area contributed by atoms with E-state index in [1.165, 1.54) is 0 Å². The molecule has 0 radical (unpaired) electrons. The van der Waals surface area contributed by atoms with Crippen LogP contribution in [0.15, 0.2) is 46.9 Å². The van der Waals surface area contributed by atoms with Gasteiger partial charge in [-0.15, -0.1) is 0 Å². The van der Waals surface area contributed by atoms with Crippen molar-refractivity contribution < 1.29 is 13.6 Å². The highest BCUT2D eigenvalue weighted by Gasteiger charge is 2.16. The first kappa shape index (κ1) is 14.7. The molecule has 0 fully saturated rings. The first-order valence-corrected chi connectivity index (χ1v) is 6.78. The van der Waals surface area contributed by atoms with Crippen molar-refractivity contribution >= 4 is 21.8 Å². The highest BCUT2D eigenvalue weighted by Crippen LogP contribution is 2.19. The molecule has 20 heavy (non-hydrogen) atoms. The Bertz CT molecular complexity index is 646. The molecule has 0 saturated heterocycles. The van der Waals surface area contributed by atoms with Crippen LogP contribution in [0.1, 0.15) is 28.9 Å². The first-order valence-electron chi connectivity index (χ1n) is 5.99. The van der Waals surface area contributed by atoms with Gasteiger partial charge in [-0.2, -0.15) is 0 Å². The number of halogens is 3. The average Bonchev–Trinajstić information content (AvgIpc) is 2.41. The topological polar surface area (TPSA) is 29.1 Å². The Morgan fingerprint density at radius 2 is 1.95 bits per heavy atom. The lowest BCUT2D eigenvalue weighted by molar-refractivity contribution is 0.0935.